The highest BCUT2D eigenvalue weighted by molar-refractivity contribution is 5.72. The van der Waals surface area contributed by atoms with Crippen molar-refractivity contribution in [3.8, 4) is 0 Å². The second kappa shape index (κ2) is 5.33. The zero-order valence-corrected chi connectivity index (χ0v) is 12.7. The van der Waals surface area contributed by atoms with E-state index in [9.17, 15) is 0 Å². The minimum Gasteiger partial charge on any atom is -0.325 e. The van der Waals surface area contributed by atoms with Crippen molar-refractivity contribution in [2.24, 2.45) is 5.84 Å². The van der Waals surface area contributed by atoms with Gasteiger partial charge in [0, 0.05) is 23.7 Å². The summed E-state index contributed by atoms with van der Waals surface area (Å²) in [5.41, 5.74) is 6.28. The molecule has 0 bridgehead atoms. The van der Waals surface area contributed by atoms with Crippen molar-refractivity contribution < 1.29 is 0 Å². The lowest BCUT2D eigenvalue weighted by molar-refractivity contribution is 0.767. The Balaban J connectivity index is 2.12. The first-order valence-electron chi connectivity index (χ1n) is 7.32. The van der Waals surface area contributed by atoms with E-state index in [0.717, 1.165) is 30.2 Å². The van der Waals surface area contributed by atoms with E-state index >= 15 is 0 Å². The summed E-state index contributed by atoms with van der Waals surface area (Å²) < 4.78 is 0. The summed E-state index contributed by atoms with van der Waals surface area (Å²) in [6, 6.07) is 8.48. The molecule has 3 rings (SSSR count). The molecule has 0 saturated carbocycles. The van der Waals surface area contributed by atoms with Crippen LogP contribution in [0.2, 0.25) is 0 Å². The Bertz CT molecular complexity index is 666. The van der Waals surface area contributed by atoms with Crippen LogP contribution in [-0.4, -0.2) is 16.5 Å². The van der Waals surface area contributed by atoms with E-state index in [1.165, 1.54) is 11.3 Å². The van der Waals surface area contributed by atoms with Crippen LogP contribution in [-0.2, 0) is 6.42 Å². The van der Waals surface area contributed by atoms with Gasteiger partial charge in [-0.2, -0.15) is 0 Å². The molecular weight excluding hydrogens is 262 g/mol. The largest absolute Gasteiger partial charge is 0.325 e. The summed E-state index contributed by atoms with van der Waals surface area (Å²) in [6.45, 7) is 7.13. The van der Waals surface area contributed by atoms with Crippen molar-refractivity contribution in [1.29, 1.82) is 0 Å². The van der Waals surface area contributed by atoms with Crippen LogP contribution in [0.1, 0.15) is 36.7 Å². The average Bonchev–Trinajstić information content (AvgIpc) is 2.91. The molecule has 1 aliphatic heterocycles. The minimum atomic E-state index is 0.259. The Morgan fingerprint density at radius 1 is 1.24 bits per heavy atom. The maximum absolute atomic E-state index is 5.62. The molecule has 21 heavy (non-hydrogen) atoms. The molecule has 0 atom stereocenters. The van der Waals surface area contributed by atoms with Gasteiger partial charge in [-0.1, -0.05) is 32.0 Å². The number of nitrogens with zero attached hydrogens (tertiary/aromatic N) is 3. The molecule has 0 aliphatic carbocycles. The molecule has 2 heterocycles. The van der Waals surface area contributed by atoms with E-state index in [0.29, 0.717) is 5.82 Å². The Labute approximate surface area is 125 Å². The van der Waals surface area contributed by atoms with E-state index in [1.54, 1.807) is 0 Å². The maximum atomic E-state index is 5.62. The summed E-state index contributed by atoms with van der Waals surface area (Å²) in [4.78, 5) is 11.5. The summed E-state index contributed by atoms with van der Waals surface area (Å²) in [7, 11) is 0. The Hall–Kier alpha value is -2.14. The second-order valence-electron chi connectivity index (χ2n) is 5.71. The number of para-hydroxylation sites is 1. The molecule has 1 aliphatic rings. The SMILES string of the molecule is Cc1c(NN)nc(C(C)C)nc1N1CCc2ccccc21. The Kier molecular flexibility index (Phi) is 3.51. The van der Waals surface area contributed by atoms with Gasteiger partial charge in [-0.05, 0) is 25.0 Å². The Morgan fingerprint density at radius 2 is 2.00 bits per heavy atom. The Morgan fingerprint density at radius 3 is 2.71 bits per heavy atom. The zero-order chi connectivity index (χ0) is 15.0. The predicted molar refractivity (Wildman–Crippen MR) is 85.8 cm³/mol. The number of hydrazine groups is 1. The topological polar surface area (TPSA) is 67.1 Å². The number of anilines is 3. The molecule has 0 saturated heterocycles. The molecule has 0 amide bonds. The maximum Gasteiger partial charge on any atom is 0.148 e. The third-order valence-corrected chi connectivity index (χ3v) is 3.93. The highest BCUT2D eigenvalue weighted by Crippen LogP contribution is 2.36. The van der Waals surface area contributed by atoms with Crippen molar-refractivity contribution in [3.63, 3.8) is 0 Å². The number of hydrogen-bond donors (Lipinski definition) is 2. The lowest BCUT2D eigenvalue weighted by Gasteiger charge is -2.23. The van der Waals surface area contributed by atoms with Crippen LogP contribution in [0, 0.1) is 6.92 Å². The van der Waals surface area contributed by atoms with Crippen LogP contribution in [0.25, 0.3) is 0 Å². The lowest BCUT2D eigenvalue weighted by atomic mass is 10.1. The van der Waals surface area contributed by atoms with Gasteiger partial charge in [-0.15, -0.1) is 0 Å². The fourth-order valence-electron chi connectivity index (χ4n) is 2.74. The van der Waals surface area contributed by atoms with Gasteiger partial charge in [-0.3, -0.25) is 0 Å². The van der Waals surface area contributed by atoms with Crippen molar-refractivity contribution in [3.05, 3.63) is 41.2 Å². The fourth-order valence-corrected chi connectivity index (χ4v) is 2.74. The molecule has 1 aromatic carbocycles. The smallest absolute Gasteiger partial charge is 0.148 e. The molecule has 1 aromatic heterocycles. The van der Waals surface area contributed by atoms with E-state index in [2.05, 4.69) is 53.4 Å². The zero-order valence-electron chi connectivity index (χ0n) is 12.7. The van der Waals surface area contributed by atoms with Gasteiger partial charge in [0.05, 0.1) is 0 Å². The monoisotopic (exact) mass is 283 g/mol. The van der Waals surface area contributed by atoms with Gasteiger partial charge < -0.3 is 10.3 Å². The number of nitrogen functional groups attached to an aromatic ring is 1. The fraction of sp³-hybridized carbons (Fsp3) is 0.375. The molecule has 0 spiro atoms. The third-order valence-electron chi connectivity index (χ3n) is 3.93. The quantitative estimate of drug-likeness (QED) is 0.669. The standard InChI is InChI=1S/C16H21N5/c1-10(2)14-18-15(20-17)11(3)16(19-14)21-9-8-12-6-4-5-7-13(12)21/h4-7,10H,8-9,17H2,1-3H3,(H,18,19,20). The molecule has 0 fully saturated rings. The number of fused-ring (bicyclic) bond motifs is 1. The highest BCUT2D eigenvalue weighted by Gasteiger charge is 2.24. The third kappa shape index (κ3) is 2.34. The van der Waals surface area contributed by atoms with E-state index in [1.807, 2.05) is 6.92 Å². The van der Waals surface area contributed by atoms with Gasteiger partial charge >= 0.3 is 0 Å². The number of nitrogens with one attached hydrogen (secondary N) is 1. The molecule has 5 nitrogen and oxygen atoms in total. The molecule has 5 heteroatoms. The van der Waals surface area contributed by atoms with Gasteiger partial charge in [0.1, 0.15) is 17.5 Å². The van der Waals surface area contributed by atoms with Crippen molar-refractivity contribution in [1.82, 2.24) is 9.97 Å². The van der Waals surface area contributed by atoms with Gasteiger partial charge in [-0.25, -0.2) is 15.8 Å². The van der Waals surface area contributed by atoms with Gasteiger partial charge in [0.25, 0.3) is 0 Å². The first-order valence-corrected chi connectivity index (χ1v) is 7.32. The van der Waals surface area contributed by atoms with Gasteiger partial charge in [0.2, 0.25) is 0 Å². The lowest BCUT2D eigenvalue weighted by Crippen LogP contribution is -2.20. The first kappa shape index (κ1) is 13.8. The summed E-state index contributed by atoms with van der Waals surface area (Å²) in [5, 5.41) is 0. The predicted octanol–water partition coefficient (Wildman–Crippen LogP) is 2.89. The average molecular weight is 283 g/mol. The molecule has 0 radical (unpaired) electrons. The normalized spacial score (nSPS) is 13.7. The van der Waals surface area contributed by atoms with E-state index in [4.69, 9.17) is 10.8 Å². The number of rotatable bonds is 3. The van der Waals surface area contributed by atoms with E-state index < -0.39 is 0 Å². The van der Waals surface area contributed by atoms with Gasteiger partial charge in [0.15, 0.2) is 0 Å². The van der Waals surface area contributed by atoms with Crippen LogP contribution in [0.15, 0.2) is 24.3 Å². The van der Waals surface area contributed by atoms with Crippen LogP contribution < -0.4 is 16.2 Å². The summed E-state index contributed by atoms with van der Waals surface area (Å²) in [6.07, 6.45) is 1.04. The van der Waals surface area contributed by atoms with Crippen molar-refractivity contribution in [2.45, 2.75) is 33.1 Å². The van der Waals surface area contributed by atoms with Crippen LogP contribution in [0.4, 0.5) is 17.3 Å². The summed E-state index contributed by atoms with van der Waals surface area (Å²) in [5.74, 6) is 8.35. The number of hydrogen-bond acceptors (Lipinski definition) is 5. The molecule has 0 unspecified atom stereocenters. The van der Waals surface area contributed by atoms with Crippen LogP contribution >= 0.6 is 0 Å². The van der Waals surface area contributed by atoms with Crippen molar-refractivity contribution >= 4 is 17.3 Å². The summed E-state index contributed by atoms with van der Waals surface area (Å²) >= 11 is 0. The minimum absolute atomic E-state index is 0.259. The molecule has 3 N–H and O–H groups in total. The van der Waals surface area contributed by atoms with Crippen LogP contribution in [0.3, 0.4) is 0 Å². The van der Waals surface area contributed by atoms with Crippen molar-refractivity contribution in [2.75, 3.05) is 16.9 Å². The van der Waals surface area contributed by atoms with E-state index in [-0.39, 0.29) is 5.92 Å². The highest BCUT2D eigenvalue weighted by atomic mass is 15.3. The number of aromatic nitrogens is 2. The first-order chi connectivity index (χ1) is 10.1. The molecular formula is C16H21N5. The number of benzene rings is 1. The number of nitrogens with two attached hydrogens (primary N) is 1. The molecule has 2 aromatic rings. The molecule has 110 valence electrons. The second-order valence-corrected chi connectivity index (χ2v) is 5.71. The van der Waals surface area contributed by atoms with Crippen LogP contribution in [0.5, 0.6) is 0 Å².